The van der Waals surface area contributed by atoms with Crippen LogP contribution >= 0.6 is 11.6 Å². The average Bonchev–Trinajstić information content (AvgIpc) is 2.53. The van der Waals surface area contributed by atoms with Crippen molar-refractivity contribution in [3.8, 4) is 5.75 Å². The number of piperidine rings is 1. The van der Waals surface area contributed by atoms with E-state index in [1.54, 1.807) is 41.3 Å². The summed E-state index contributed by atoms with van der Waals surface area (Å²) in [5.74, 6) is -1.58. The lowest BCUT2D eigenvalue weighted by Crippen LogP contribution is -2.56. The summed E-state index contributed by atoms with van der Waals surface area (Å²) in [5, 5.41) is 10.6. The summed E-state index contributed by atoms with van der Waals surface area (Å²) in [5.41, 5.74) is 0.338. The number of Topliss-reactive ketones (excluding diaryl/α,β-unsaturated/α-hetero) is 1. The second-order valence-electron chi connectivity index (χ2n) is 7.54. The third kappa shape index (κ3) is 3.21. The predicted octanol–water partition coefficient (Wildman–Crippen LogP) is 4.70. The Labute approximate surface area is 158 Å². The molecule has 2 unspecified atom stereocenters. The van der Waals surface area contributed by atoms with Crippen molar-refractivity contribution in [1.29, 1.82) is 0 Å². The SMILES string of the molecule is CC1CC(C)(C)C(C(=O)c2ccccc2O)C(=O)N1c1cccc(Cl)c1. The molecule has 1 amide bonds. The fraction of sp³-hybridized carbons (Fsp3) is 0.333. The molecule has 1 N–H and O–H groups in total. The van der Waals surface area contributed by atoms with Gasteiger partial charge in [-0.1, -0.05) is 43.6 Å². The van der Waals surface area contributed by atoms with Crippen LogP contribution in [-0.2, 0) is 4.79 Å². The quantitative estimate of drug-likeness (QED) is 0.628. The highest BCUT2D eigenvalue weighted by Gasteiger charge is 2.49. The van der Waals surface area contributed by atoms with E-state index < -0.39 is 11.3 Å². The van der Waals surface area contributed by atoms with Gasteiger partial charge < -0.3 is 10.0 Å². The molecule has 2 aromatic carbocycles. The summed E-state index contributed by atoms with van der Waals surface area (Å²) in [6, 6.07) is 13.4. The second-order valence-corrected chi connectivity index (χ2v) is 7.98. The van der Waals surface area contributed by atoms with Crippen LogP contribution in [0.4, 0.5) is 5.69 Å². The predicted molar refractivity (Wildman–Crippen MR) is 103 cm³/mol. The molecule has 0 aromatic heterocycles. The first-order chi connectivity index (χ1) is 12.2. The van der Waals surface area contributed by atoms with Crippen LogP contribution in [0.15, 0.2) is 48.5 Å². The van der Waals surface area contributed by atoms with Gasteiger partial charge in [-0.25, -0.2) is 0 Å². The van der Waals surface area contributed by atoms with E-state index in [2.05, 4.69) is 0 Å². The first-order valence-electron chi connectivity index (χ1n) is 8.63. The minimum atomic E-state index is -0.869. The Morgan fingerprint density at radius 1 is 1.19 bits per heavy atom. The van der Waals surface area contributed by atoms with Gasteiger partial charge in [0.2, 0.25) is 5.91 Å². The van der Waals surface area contributed by atoms with E-state index >= 15 is 0 Å². The molecule has 2 aromatic rings. The number of rotatable bonds is 3. The van der Waals surface area contributed by atoms with E-state index in [-0.39, 0.29) is 29.0 Å². The lowest BCUT2D eigenvalue weighted by Gasteiger charge is -2.46. The van der Waals surface area contributed by atoms with Crippen LogP contribution in [0.25, 0.3) is 0 Å². The van der Waals surface area contributed by atoms with Gasteiger partial charge in [-0.15, -0.1) is 0 Å². The smallest absolute Gasteiger partial charge is 0.238 e. The zero-order valence-electron chi connectivity index (χ0n) is 15.1. The van der Waals surface area contributed by atoms with Gasteiger partial charge in [0.25, 0.3) is 0 Å². The maximum atomic E-state index is 13.4. The third-order valence-corrected chi connectivity index (χ3v) is 5.28. The van der Waals surface area contributed by atoms with Gasteiger partial charge in [0, 0.05) is 16.8 Å². The Kier molecular flexibility index (Phi) is 4.80. The fourth-order valence-corrected chi connectivity index (χ4v) is 4.16. The monoisotopic (exact) mass is 371 g/mol. The molecule has 0 bridgehead atoms. The number of ketones is 1. The molecule has 4 nitrogen and oxygen atoms in total. The summed E-state index contributed by atoms with van der Waals surface area (Å²) in [4.78, 5) is 28.2. The molecule has 1 fully saturated rings. The number of halogens is 1. The first-order valence-corrected chi connectivity index (χ1v) is 9.01. The van der Waals surface area contributed by atoms with Crippen LogP contribution in [-0.4, -0.2) is 22.8 Å². The van der Waals surface area contributed by atoms with Crippen LogP contribution in [0.1, 0.15) is 37.6 Å². The second kappa shape index (κ2) is 6.76. The average molecular weight is 372 g/mol. The highest BCUT2D eigenvalue weighted by atomic mass is 35.5. The van der Waals surface area contributed by atoms with Crippen molar-refractivity contribution in [3.05, 3.63) is 59.1 Å². The highest BCUT2D eigenvalue weighted by molar-refractivity contribution is 6.31. The van der Waals surface area contributed by atoms with Gasteiger partial charge in [-0.05, 0) is 49.1 Å². The van der Waals surface area contributed by atoms with E-state index in [0.29, 0.717) is 17.1 Å². The van der Waals surface area contributed by atoms with Crippen molar-refractivity contribution >= 4 is 29.0 Å². The standard InChI is InChI=1S/C21H22ClNO3/c1-13-12-21(2,3)18(19(25)16-9-4-5-10-17(16)24)20(26)23(13)15-8-6-7-14(22)11-15/h4-11,13,18,24H,12H2,1-3H3. The summed E-state index contributed by atoms with van der Waals surface area (Å²) in [7, 11) is 0. The number of amides is 1. The Morgan fingerprint density at radius 3 is 2.54 bits per heavy atom. The molecule has 2 atom stereocenters. The number of nitrogens with zero attached hydrogens (tertiary/aromatic N) is 1. The van der Waals surface area contributed by atoms with Crippen LogP contribution in [0, 0.1) is 11.3 Å². The minimum Gasteiger partial charge on any atom is -0.507 e. The van der Waals surface area contributed by atoms with Crippen molar-refractivity contribution in [2.45, 2.75) is 33.2 Å². The van der Waals surface area contributed by atoms with E-state index in [0.717, 1.165) is 0 Å². The number of carbonyl (C=O) groups is 2. The van der Waals surface area contributed by atoms with Crippen LogP contribution in [0.5, 0.6) is 5.75 Å². The van der Waals surface area contributed by atoms with Gasteiger partial charge in [-0.3, -0.25) is 9.59 Å². The molecule has 0 aliphatic carbocycles. The van der Waals surface area contributed by atoms with Crippen molar-refractivity contribution in [3.63, 3.8) is 0 Å². The van der Waals surface area contributed by atoms with E-state index in [4.69, 9.17) is 11.6 Å². The van der Waals surface area contributed by atoms with Gasteiger partial charge in [0.05, 0.1) is 5.56 Å². The van der Waals surface area contributed by atoms with Crippen LogP contribution in [0.2, 0.25) is 5.02 Å². The Hall–Kier alpha value is -2.33. The normalized spacial score (nSPS) is 22.3. The highest BCUT2D eigenvalue weighted by Crippen LogP contribution is 2.43. The fourth-order valence-electron chi connectivity index (χ4n) is 3.97. The summed E-state index contributed by atoms with van der Waals surface area (Å²) in [6.07, 6.45) is 0.662. The molecular formula is C21H22ClNO3. The lowest BCUT2D eigenvalue weighted by atomic mass is 9.67. The van der Waals surface area contributed by atoms with Gasteiger partial charge in [0.15, 0.2) is 5.78 Å². The van der Waals surface area contributed by atoms with E-state index in [1.807, 2.05) is 26.8 Å². The molecule has 1 aliphatic heterocycles. The van der Waals surface area contributed by atoms with Crippen molar-refractivity contribution in [2.75, 3.05) is 4.90 Å². The molecule has 5 heteroatoms. The number of benzene rings is 2. The maximum absolute atomic E-state index is 13.4. The number of aromatic hydroxyl groups is 1. The molecule has 0 saturated carbocycles. The van der Waals surface area contributed by atoms with Crippen molar-refractivity contribution in [2.24, 2.45) is 11.3 Å². The number of carbonyl (C=O) groups excluding carboxylic acids is 2. The Morgan fingerprint density at radius 2 is 1.88 bits per heavy atom. The largest absolute Gasteiger partial charge is 0.507 e. The molecule has 26 heavy (non-hydrogen) atoms. The number of anilines is 1. The summed E-state index contributed by atoms with van der Waals surface area (Å²) in [6.45, 7) is 5.83. The molecule has 1 heterocycles. The van der Waals surface area contributed by atoms with E-state index in [1.165, 1.54) is 6.07 Å². The van der Waals surface area contributed by atoms with Crippen LogP contribution in [0.3, 0.4) is 0 Å². The zero-order chi connectivity index (χ0) is 19.1. The zero-order valence-corrected chi connectivity index (χ0v) is 15.8. The first kappa shape index (κ1) is 18.5. The molecular weight excluding hydrogens is 350 g/mol. The van der Waals surface area contributed by atoms with Crippen molar-refractivity contribution < 1.29 is 14.7 Å². The van der Waals surface area contributed by atoms with Crippen LogP contribution < -0.4 is 4.90 Å². The Balaban J connectivity index is 2.04. The maximum Gasteiger partial charge on any atom is 0.238 e. The number of hydrogen-bond donors (Lipinski definition) is 1. The molecule has 3 rings (SSSR count). The molecule has 0 radical (unpaired) electrons. The number of phenolic OH excluding ortho intramolecular Hbond substituents is 1. The van der Waals surface area contributed by atoms with Gasteiger partial charge >= 0.3 is 0 Å². The van der Waals surface area contributed by atoms with Gasteiger partial charge in [0.1, 0.15) is 11.7 Å². The number of hydrogen-bond acceptors (Lipinski definition) is 3. The minimum absolute atomic E-state index is 0.0654. The third-order valence-electron chi connectivity index (χ3n) is 5.05. The van der Waals surface area contributed by atoms with Gasteiger partial charge in [-0.2, -0.15) is 0 Å². The molecule has 0 spiro atoms. The molecule has 136 valence electrons. The van der Waals surface area contributed by atoms with Crippen molar-refractivity contribution in [1.82, 2.24) is 0 Å². The Bertz CT molecular complexity index is 862. The van der Waals surface area contributed by atoms with E-state index in [9.17, 15) is 14.7 Å². The summed E-state index contributed by atoms with van der Waals surface area (Å²) >= 11 is 6.09. The summed E-state index contributed by atoms with van der Waals surface area (Å²) < 4.78 is 0. The molecule has 1 aliphatic rings. The number of phenols is 1. The lowest BCUT2D eigenvalue weighted by molar-refractivity contribution is -0.127. The number of para-hydroxylation sites is 1. The molecule has 1 saturated heterocycles. The topological polar surface area (TPSA) is 57.6 Å².